The smallest absolute Gasteiger partial charge is 0.354 e. The highest BCUT2D eigenvalue weighted by molar-refractivity contribution is 5.85. The highest BCUT2D eigenvalue weighted by atomic mass is 16.5. The summed E-state index contributed by atoms with van der Waals surface area (Å²) < 4.78 is 5.25. The van der Waals surface area contributed by atoms with E-state index in [1.165, 1.54) is 12.4 Å². The molecule has 3 heterocycles. The third-order valence-electron chi connectivity index (χ3n) is 4.96. The molecule has 2 aromatic heterocycles. The average Bonchev–Trinajstić information content (AvgIpc) is 3.13. The van der Waals surface area contributed by atoms with E-state index >= 15 is 0 Å². The number of aromatic carboxylic acids is 1. The molecule has 0 aliphatic carbocycles. The van der Waals surface area contributed by atoms with Crippen molar-refractivity contribution in [2.24, 2.45) is 0 Å². The molecule has 3 N–H and O–H groups in total. The predicted octanol–water partition coefficient (Wildman–Crippen LogP) is 3.01. The van der Waals surface area contributed by atoms with Crippen molar-refractivity contribution >= 4 is 17.5 Å². The highest BCUT2D eigenvalue weighted by Crippen LogP contribution is 2.40. The lowest BCUT2D eigenvalue weighted by atomic mass is 10.0. The maximum atomic E-state index is 11.4. The van der Waals surface area contributed by atoms with Crippen LogP contribution < -0.4 is 20.5 Å². The van der Waals surface area contributed by atoms with Gasteiger partial charge in [-0.25, -0.2) is 25.2 Å². The number of carboxylic acid groups (broad SMARTS) is 1. The van der Waals surface area contributed by atoms with Crippen LogP contribution in [-0.2, 0) is 6.54 Å². The Labute approximate surface area is 180 Å². The van der Waals surface area contributed by atoms with Crippen LogP contribution in [-0.4, -0.2) is 39.2 Å². The number of nitrogens with zero attached hydrogens (tertiary/aromatic N) is 4. The lowest BCUT2D eigenvalue weighted by Crippen LogP contribution is -2.34. The van der Waals surface area contributed by atoms with Gasteiger partial charge in [-0.2, -0.15) is 0 Å². The Kier molecular flexibility index (Phi) is 5.68. The molecule has 9 heteroatoms. The van der Waals surface area contributed by atoms with E-state index in [0.717, 1.165) is 28.4 Å². The molecule has 1 aliphatic heterocycles. The first-order valence-electron chi connectivity index (χ1n) is 9.93. The van der Waals surface area contributed by atoms with Gasteiger partial charge in [0.1, 0.15) is 17.9 Å². The van der Waals surface area contributed by atoms with Crippen LogP contribution in [0.5, 0.6) is 5.75 Å². The van der Waals surface area contributed by atoms with Crippen molar-refractivity contribution in [1.82, 2.24) is 20.4 Å². The van der Waals surface area contributed by atoms with Crippen LogP contribution in [0, 0.1) is 0 Å². The van der Waals surface area contributed by atoms with Gasteiger partial charge in [0.05, 0.1) is 31.1 Å². The number of nitrogens with one attached hydrogen (secondary N) is 2. The molecule has 0 fully saturated rings. The lowest BCUT2D eigenvalue weighted by molar-refractivity contribution is 0.0690. The van der Waals surface area contributed by atoms with Crippen molar-refractivity contribution in [3.8, 4) is 5.75 Å². The Bertz CT molecular complexity index is 1090. The zero-order chi connectivity index (χ0) is 22.0. The van der Waals surface area contributed by atoms with Gasteiger partial charge in [-0.05, 0) is 43.7 Å². The van der Waals surface area contributed by atoms with Gasteiger partial charge in [-0.1, -0.05) is 12.1 Å². The van der Waals surface area contributed by atoms with Crippen LogP contribution in [0.15, 0.2) is 48.9 Å². The van der Waals surface area contributed by atoms with E-state index in [0.29, 0.717) is 12.2 Å². The van der Waals surface area contributed by atoms with Gasteiger partial charge < -0.3 is 20.2 Å². The largest absolute Gasteiger partial charge is 0.497 e. The maximum Gasteiger partial charge on any atom is 0.354 e. The molecule has 1 aliphatic rings. The summed E-state index contributed by atoms with van der Waals surface area (Å²) in [5, 5.41) is 14.8. The number of hydrazine groups is 1. The fraction of sp³-hybridized carbons (Fsp3) is 0.273. The average molecular weight is 420 g/mol. The number of fused-ring (bicyclic) bond motifs is 1. The molecule has 31 heavy (non-hydrogen) atoms. The predicted molar refractivity (Wildman–Crippen MR) is 116 cm³/mol. The minimum atomic E-state index is -1.09. The number of anilines is 2. The Morgan fingerprint density at radius 2 is 2.00 bits per heavy atom. The molecule has 1 unspecified atom stereocenters. The molecule has 9 nitrogen and oxygen atoms in total. The minimum absolute atomic E-state index is 0.0517. The maximum absolute atomic E-state index is 11.4. The second kappa shape index (κ2) is 8.57. The van der Waals surface area contributed by atoms with Gasteiger partial charge >= 0.3 is 5.97 Å². The second-order valence-corrected chi connectivity index (χ2v) is 7.52. The van der Waals surface area contributed by atoms with Crippen LogP contribution >= 0.6 is 0 Å². The lowest BCUT2D eigenvalue weighted by Gasteiger charge is -2.21. The van der Waals surface area contributed by atoms with Crippen LogP contribution in [0.25, 0.3) is 0 Å². The van der Waals surface area contributed by atoms with Crippen molar-refractivity contribution in [3.63, 3.8) is 0 Å². The van der Waals surface area contributed by atoms with Crippen LogP contribution in [0.3, 0.4) is 0 Å². The zero-order valence-corrected chi connectivity index (χ0v) is 17.5. The van der Waals surface area contributed by atoms with E-state index in [-0.39, 0.29) is 17.8 Å². The summed E-state index contributed by atoms with van der Waals surface area (Å²) >= 11 is 0. The number of carboxylic acids is 1. The number of hydrogen-bond acceptors (Lipinski definition) is 8. The third kappa shape index (κ3) is 4.26. The van der Waals surface area contributed by atoms with Crippen molar-refractivity contribution in [2.45, 2.75) is 32.5 Å². The number of benzene rings is 1. The summed E-state index contributed by atoms with van der Waals surface area (Å²) in [5.74, 6) is 0.438. The quantitative estimate of drug-likeness (QED) is 0.531. The van der Waals surface area contributed by atoms with Gasteiger partial charge in [0.25, 0.3) is 0 Å². The minimum Gasteiger partial charge on any atom is -0.497 e. The summed E-state index contributed by atoms with van der Waals surface area (Å²) in [7, 11) is 1.64. The summed E-state index contributed by atoms with van der Waals surface area (Å²) in [6, 6.07) is 11.1. The molecule has 4 rings (SSSR count). The van der Waals surface area contributed by atoms with Crippen LogP contribution in [0.1, 0.15) is 47.2 Å². The topological polar surface area (TPSA) is 112 Å². The van der Waals surface area contributed by atoms with Gasteiger partial charge in [0, 0.05) is 17.8 Å². The van der Waals surface area contributed by atoms with Gasteiger partial charge in [-0.15, -0.1) is 0 Å². The number of carbonyl (C=O) groups is 1. The van der Waals surface area contributed by atoms with E-state index in [1.807, 2.05) is 49.2 Å². The number of rotatable bonds is 7. The number of hydrogen-bond donors (Lipinski definition) is 3. The molecule has 1 atom stereocenters. The molecular formula is C22H24N6O3. The third-order valence-corrected chi connectivity index (χ3v) is 4.96. The van der Waals surface area contributed by atoms with Crippen molar-refractivity contribution in [2.75, 3.05) is 17.4 Å². The molecule has 0 saturated heterocycles. The van der Waals surface area contributed by atoms with Gasteiger partial charge in [0.2, 0.25) is 0 Å². The van der Waals surface area contributed by atoms with Crippen LogP contribution in [0.2, 0.25) is 0 Å². The molecule has 3 aromatic rings. The first kappa shape index (κ1) is 20.5. The fourth-order valence-corrected chi connectivity index (χ4v) is 3.57. The fourth-order valence-electron chi connectivity index (χ4n) is 3.57. The molecule has 0 amide bonds. The normalized spacial score (nSPS) is 15.1. The Morgan fingerprint density at radius 1 is 1.23 bits per heavy atom. The van der Waals surface area contributed by atoms with E-state index in [1.54, 1.807) is 13.3 Å². The van der Waals surface area contributed by atoms with Crippen molar-refractivity contribution in [3.05, 3.63) is 71.4 Å². The molecule has 0 spiro atoms. The summed E-state index contributed by atoms with van der Waals surface area (Å²) in [6.07, 6.45) is 3.04. The Balaban J connectivity index is 1.74. The molecule has 0 radical (unpaired) electrons. The van der Waals surface area contributed by atoms with Crippen LogP contribution in [0.4, 0.5) is 11.5 Å². The molecule has 0 bridgehead atoms. The van der Waals surface area contributed by atoms with E-state index in [9.17, 15) is 9.90 Å². The molecule has 160 valence electrons. The van der Waals surface area contributed by atoms with Gasteiger partial charge in [-0.3, -0.25) is 0 Å². The zero-order valence-electron chi connectivity index (χ0n) is 17.5. The molecule has 0 saturated carbocycles. The SMILES string of the molecule is COc1ccc(CN2NC(c3cc(C(=O)O)ncn3)c3c2ccnc3NC(C)C)cc1. The standard InChI is InChI=1S/C22H24N6O3/c1-13(2)26-21-19-18(8-9-23-21)28(11-14-4-6-15(31-3)7-5-14)27-20(19)16-10-17(22(29)30)25-12-24-16/h4-10,12-13,20,27H,11H2,1-3H3,(H,23,26)(H,29,30). The summed E-state index contributed by atoms with van der Waals surface area (Å²) in [4.78, 5) is 24.2. The Hall–Kier alpha value is -3.72. The Morgan fingerprint density at radius 3 is 2.68 bits per heavy atom. The summed E-state index contributed by atoms with van der Waals surface area (Å²) in [6.45, 7) is 4.68. The number of aromatic nitrogens is 3. The number of pyridine rings is 1. The van der Waals surface area contributed by atoms with E-state index in [2.05, 4.69) is 25.7 Å². The first-order chi connectivity index (χ1) is 15.0. The second-order valence-electron chi connectivity index (χ2n) is 7.52. The van der Waals surface area contributed by atoms with Gasteiger partial charge in [0.15, 0.2) is 5.69 Å². The van der Waals surface area contributed by atoms with E-state index < -0.39 is 5.97 Å². The first-order valence-corrected chi connectivity index (χ1v) is 9.93. The van der Waals surface area contributed by atoms with Crippen molar-refractivity contribution < 1.29 is 14.6 Å². The number of methoxy groups -OCH3 is 1. The molecular weight excluding hydrogens is 396 g/mol. The number of ether oxygens (including phenoxy) is 1. The highest BCUT2D eigenvalue weighted by Gasteiger charge is 2.34. The molecule has 1 aromatic carbocycles. The van der Waals surface area contributed by atoms with Crippen molar-refractivity contribution in [1.29, 1.82) is 0 Å². The van der Waals surface area contributed by atoms with E-state index in [4.69, 9.17) is 4.74 Å². The monoisotopic (exact) mass is 420 g/mol. The summed E-state index contributed by atoms with van der Waals surface area (Å²) in [5.41, 5.74) is 6.93.